The van der Waals surface area contributed by atoms with Crippen LogP contribution in [0.3, 0.4) is 0 Å². The topological polar surface area (TPSA) is 49.7 Å². The molecule has 0 amide bonds. The van der Waals surface area contributed by atoms with Crippen molar-refractivity contribution in [2.45, 2.75) is 12.2 Å². The van der Waals surface area contributed by atoms with E-state index in [1.165, 1.54) is 6.08 Å². The lowest BCUT2D eigenvalue weighted by atomic mass is 10.1. The van der Waals surface area contributed by atoms with Gasteiger partial charge in [-0.05, 0) is 17.2 Å². The summed E-state index contributed by atoms with van der Waals surface area (Å²) in [6, 6.07) is 0. The highest BCUT2D eigenvalue weighted by Gasteiger charge is 2.22. The normalized spacial score (nSPS) is 23.8. The molecule has 0 radical (unpaired) electrons. The zero-order valence-corrected chi connectivity index (χ0v) is 7.44. The van der Waals surface area contributed by atoms with E-state index in [1.54, 1.807) is 6.08 Å². The van der Waals surface area contributed by atoms with E-state index in [9.17, 15) is 5.11 Å². The van der Waals surface area contributed by atoms with Crippen molar-refractivity contribution in [3.05, 3.63) is 36.5 Å². The summed E-state index contributed by atoms with van der Waals surface area (Å²) in [6.45, 7) is 7.45. The van der Waals surface area contributed by atoms with E-state index in [4.69, 9.17) is 9.84 Å². The summed E-state index contributed by atoms with van der Waals surface area (Å²) in [5, 5.41) is 18.1. The van der Waals surface area contributed by atoms with E-state index in [2.05, 4.69) is 13.2 Å². The predicted octanol–water partition coefficient (Wildman–Crippen LogP) is 0.407. The van der Waals surface area contributed by atoms with Crippen LogP contribution in [0.2, 0.25) is 0 Å². The second-order valence-electron chi connectivity index (χ2n) is 2.96. The van der Waals surface area contributed by atoms with Gasteiger partial charge in [-0.15, -0.1) is 6.58 Å². The molecule has 0 saturated carbocycles. The molecule has 0 saturated heterocycles. The van der Waals surface area contributed by atoms with Crippen molar-refractivity contribution in [1.82, 2.24) is 0 Å². The van der Waals surface area contributed by atoms with Gasteiger partial charge < -0.3 is 14.9 Å². The Morgan fingerprint density at radius 2 is 2.54 bits per heavy atom. The van der Waals surface area contributed by atoms with Crippen LogP contribution in [0, 0.1) is 0 Å². The molecule has 1 heterocycles. The van der Waals surface area contributed by atoms with Gasteiger partial charge in [-0.25, -0.2) is 0 Å². The molecule has 3 heteroatoms. The first-order chi connectivity index (χ1) is 6.19. The van der Waals surface area contributed by atoms with Gasteiger partial charge in [-0.3, -0.25) is 0 Å². The van der Waals surface area contributed by atoms with Crippen LogP contribution >= 0.6 is 0 Å². The third kappa shape index (κ3) is 2.28. The quantitative estimate of drug-likeness (QED) is 0.619. The molecular formula is C10H14O3. The average Bonchev–Trinajstić information content (AvgIpc) is 2.64. The van der Waals surface area contributed by atoms with E-state index < -0.39 is 6.10 Å². The molecule has 0 aromatic rings. The van der Waals surface area contributed by atoms with Crippen molar-refractivity contribution in [3.8, 4) is 0 Å². The van der Waals surface area contributed by atoms with Gasteiger partial charge in [0.05, 0.1) is 13.2 Å². The maximum absolute atomic E-state index is 9.35. The van der Waals surface area contributed by atoms with E-state index in [-0.39, 0.29) is 12.7 Å². The highest BCUT2D eigenvalue weighted by atomic mass is 16.5. The standard InChI is InChI=1S/C10H14O3/c1-3-9(12)10-4-8(6-13-10)7(2)5-11/h3-4,9-12H,1-2,5-6H2/t9-,10-/m1/s1. The molecular weight excluding hydrogens is 168 g/mol. The molecule has 0 aliphatic carbocycles. The van der Waals surface area contributed by atoms with Crippen LogP contribution in [-0.2, 0) is 4.74 Å². The van der Waals surface area contributed by atoms with Crippen LogP contribution in [0.5, 0.6) is 0 Å². The Balaban J connectivity index is 2.63. The van der Waals surface area contributed by atoms with Crippen LogP contribution in [0.15, 0.2) is 36.5 Å². The van der Waals surface area contributed by atoms with Crippen LogP contribution in [0.4, 0.5) is 0 Å². The second-order valence-corrected chi connectivity index (χ2v) is 2.96. The van der Waals surface area contributed by atoms with E-state index in [0.29, 0.717) is 12.2 Å². The molecule has 13 heavy (non-hydrogen) atoms. The molecule has 1 aliphatic heterocycles. The summed E-state index contributed by atoms with van der Waals surface area (Å²) in [5.41, 5.74) is 1.49. The third-order valence-corrected chi connectivity index (χ3v) is 2.02. The zero-order chi connectivity index (χ0) is 9.84. The fourth-order valence-electron chi connectivity index (χ4n) is 1.13. The molecule has 0 fully saturated rings. The van der Waals surface area contributed by atoms with Crippen LogP contribution in [0.1, 0.15) is 0 Å². The van der Waals surface area contributed by atoms with E-state index >= 15 is 0 Å². The minimum atomic E-state index is -0.691. The van der Waals surface area contributed by atoms with Gasteiger partial charge in [0, 0.05) is 0 Å². The van der Waals surface area contributed by atoms with Crippen molar-refractivity contribution < 1.29 is 14.9 Å². The monoisotopic (exact) mass is 182 g/mol. The first-order valence-electron chi connectivity index (χ1n) is 4.11. The average molecular weight is 182 g/mol. The molecule has 72 valence electrons. The predicted molar refractivity (Wildman–Crippen MR) is 50.3 cm³/mol. The Bertz CT molecular complexity index is 243. The minimum Gasteiger partial charge on any atom is -0.392 e. The summed E-state index contributed by atoms with van der Waals surface area (Å²) >= 11 is 0. The van der Waals surface area contributed by atoms with Gasteiger partial charge in [0.2, 0.25) is 0 Å². The zero-order valence-electron chi connectivity index (χ0n) is 7.44. The largest absolute Gasteiger partial charge is 0.392 e. The van der Waals surface area contributed by atoms with Crippen molar-refractivity contribution >= 4 is 0 Å². The lowest BCUT2D eigenvalue weighted by Gasteiger charge is -2.10. The highest BCUT2D eigenvalue weighted by molar-refractivity contribution is 5.33. The fraction of sp³-hybridized carbons (Fsp3) is 0.400. The molecule has 0 aromatic heterocycles. The molecule has 2 atom stereocenters. The number of rotatable bonds is 4. The van der Waals surface area contributed by atoms with Gasteiger partial charge in [0.1, 0.15) is 12.2 Å². The molecule has 1 rings (SSSR count). The molecule has 0 unspecified atom stereocenters. The van der Waals surface area contributed by atoms with Crippen molar-refractivity contribution in [2.75, 3.05) is 13.2 Å². The maximum atomic E-state index is 9.35. The first kappa shape index (κ1) is 10.2. The Morgan fingerprint density at radius 1 is 1.85 bits per heavy atom. The third-order valence-electron chi connectivity index (χ3n) is 2.02. The Hall–Kier alpha value is -0.900. The number of aliphatic hydroxyl groups is 2. The highest BCUT2D eigenvalue weighted by Crippen LogP contribution is 2.20. The first-order valence-corrected chi connectivity index (χ1v) is 4.11. The molecule has 0 aromatic carbocycles. The van der Waals surface area contributed by atoms with Gasteiger partial charge in [-0.2, -0.15) is 0 Å². The minimum absolute atomic E-state index is 0.0773. The molecule has 3 nitrogen and oxygen atoms in total. The lowest BCUT2D eigenvalue weighted by molar-refractivity contribution is 0.0371. The summed E-state index contributed by atoms with van der Waals surface area (Å²) in [5.74, 6) is 0. The lowest BCUT2D eigenvalue weighted by Crippen LogP contribution is -2.21. The summed E-state index contributed by atoms with van der Waals surface area (Å²) < 4.78 is 5.26. The van der Waals surface area contributed by atoms with E-state index in [0.717, 1.165) is 5.57 Å². The SMILES string of the molecule is C=C[C@@H](O)[C@H]1C=C(C(=C)CO)CO1. The van der Waals surface area contributed by atoms with E-state index in [1.807, 2.05) is 0 Å². The Labute approximate surface area is 77.7 Å². The molecule has 0 bridgehead atoms. The summed E-state index contributed by atoms with van der Waals surface area (Å²) in [7, 11) is 0. The van der Waals surface area contributed by atoms with Crippen LogP contribution < -0.4 is 0 Å². The summed E-state index contributed by atoms with van der Waals surface area (Å²) in [4.78, 5) is 0. The van der Waals surface area contributed by atoms with Gasteiger partial charge in [0.25, 0.3) is 0 Å². The number of hydrogen-bond acceptors (Lipinski definition) is 3. The van der Waals surface area contributed by atoms with Crippen LogP contribution in [-0.4, -0.2) is 35.6 Å². The molecule has 1 aliphatic rings. The second kappa shape index (κ2) is 4.37. The van der Waals surface area contributed by atoms with Crippen molar-refractivity contribution in [3.63, 3.8) is 0 Å². The van der Waals surface area contributed by atoms with Crippen molar-refractivity contribution in [1.29, 1.82) is 0 Å². The van der Waals surface area contributed by atoms with Gasteiger partial charge >= 0.3 is 0 Å². The maximum Gasteiger partial charge on any atom is 0.106 e. The smallest absolute Gasteiger partial charge is 0.106 e. The molecule has 2 N–H and O–H groups in total. The molecule has 0 spiro atoms. The van der Waals surface area contributed by atoms with Crippen molar-refractivity contribution in [2.24, 2.45) is 0 Å². The van der Waals surface area contributed by atoms with Crippen LogP contribution in [0.25, 0.3) is 0 Å². The summed E-state index contributed by atoms with van der Waals surface area (Å²) in [6.07, 6.45) is 2.15. The van der Waals surface area contributed by atoms with Gasteiger partial charge in [0.15, 0.2) is 0 Å². The fourth-order valence-corrected chi connectivity index (χ4v) is 1.13. The number of ether oxygens (including phenoxy) is 1. The number of hydrogen-bond donors (Lipinski definition) is 2. The van der Waals surface area contributed by atoms with Gasteiger partial charge in [-0.1, -0.05) is 12.7 Å². The Kier molecular flexibility index (Phi) is 3.42. The number of aliphatic hydroxyl groups excluding tert-OH is 2. The Morgan fingerprint density at radius 3 is 3.08 bits per heavy atom.